The van der Waals surface area contributed by atoms with Crippen molar-refractivity contribution in [3.05, 3.63) is 16.2 Å². The van der Waals surface area contributed by atoms with Crippen LogP contribution in [0.5, 0.6) is 0 Å². The first-order chi connectivity index (χ1) is 9.87. The first kappa shape index (κ1) is 14.7. The third kappa shape index (κ3) is 3.03. The number of sulfonamides is 1. The highest BCUT2D eigenvalue weighted by Crippen LogP contribution is 2.35. The fourth-order valence-electron chi connectivity index (χ4n) is 2.58. The number of nitrogen functional groups attached to an aromatic ring is 1. The largest absolute Gasteiger partial charge is 0.385 e. The zero-order valence-electron chi connectivity index (χ0n) is 11.2. The summed E-state index contributed by atoms with van der Waals surface area (Å²) in [5.74, 6) is 0. The van der Waals surface area contributed by atoms with Crippen LogP contribution < -0.4 is 10.5 Å². The van der Waals surface area contributed by atoms with Crippen molar-refractivity contribution in [3.8, 4) is 0 Å². The normalized spacial score (nSPS) is 23.5. The van der Waals surface area contributed by atoms with Gasteiger partial charge in [-0.05, 0) is 19.3 Å². The molecule has 10 heteroatoms. The van der Waals surface area contributed by atoms with Crippen molar-refractivity contribution in [2.45, 2.75) is 35.6 Å². The minimum atomic E-state index is -3.75. The molecule has 1 aliphatic heterocycles. The van der Waals surface area contributed by atoms with Gasteiger partial charge in [0.15, 0.2) is 5.00 Å². The van der Waals surface area contributed by atoms with Crippen LogP contribution in [0.2, 0.25) is 0 Å². The van der Waals surface area contributed by atoms with Crippen molar-refractivity contribution in [3.63, 3.8) is 0 Å². The Kier molecular flexibility index (Phi) is 3.64. The third-order valence-electron chi connectivity index (χ3n) is 3.78. The summed E-state index contributed by atoms with van der Waals surface area (Å²) in [6, 6.07) is 1.49. The van der Waals surface area contributed by atoms with Crippen molar-refractivity contribution in [1.82, 2.24) is 9.62 Å². The average Bonchev–Trinajstić information content (AvgIpc) is 3.01. The van der Waals surface area contributed by atoms with Gasteiger partial charge in [-0.3, -0.25) is 15.0 Å². The Morgan fingerprint density at radius 2 is 2.14 bits per heavy atom. The van der Waals surface area contributed by atoms with Gasteiger partial charge in [-0.2, -0.15) is 0 Å². The first-order valence-electron chi connectivity index (χ1n) is 6.67. The lowest BCUT2D eigenvalue weighted by Crippen LogP contribution is -2.37. The Hall–Kier alpha value is -1.23. The second-order valence-corrected chi connectivity index (χ2v) is 8.43. The highest BCUT2D eigenvalue weighted by atomic mass is 32.2. The summed E-state index contributed by atoms with van der Waals surface area (Å²) in [5.41, 5.74) is 5.14. The van der Waals surface area contributed by atoms with Gasteiger partial charge < -0.3 is 5.73 Å². The molecular formula is C11H16N4O4S2. The summed E-state index contributed by atoms with van der Waals surface area (Å²) in [6.07, 6.45) is 3.14. The van der Waals surface area contributed by atoms with Crippen LogP contribution in [-0.2, 0) is 10.0 Å². The van der Waals surface area contributed by atoms with E-state index in [9.17, 15) is 18.5 Å². The molecule has 2 fully saturated rings. The van der Waals surface area contributed by atoms with Crippen LogP contribution in [0.3, 0.4) is 0 Å². The molecule has 8 nitrogen and oxygen atoms in total. The summed E-state index contributed by atoms with van der Waals surface area (Å²) in [4.78, 5) is 12.4. The number of nitrogens with zero attached hydrogens (tertiary/aromatic N) is 2. The van der Waals surface area contributed by atoms with Gasteiger partial charge in [-0.25, -0.2) is 13.1 Å². The number of nitrogens with two attached hydrogens (primary N) is 1. The quantitative estimate of drug-likeness (QED) is 0.607. The number of hydrogen-bond donors (Lipinski definition) is 2. The summed E-state index contributed by atoms with van der Waals surface area (Å²) in [7, 11) is -3.75. The van der Waals surface area contributed by atoms with E-state index in [1.165, 1.54) is 12.8 Å². The lowest BCUT2D eigenvalue weighted by molar-refractivity contribution is -0.383. The topological polar surface area (TPSA) is 119 Å². The van der Waals surface area contributed by atoms with Crippen LogP contribution in [0.15, 0.2) is 10.3 Å². The standard InChI is InChI=1S/C11H16N4O4S2/c12-11-9(15(16)17)5-10(20-11)21(18,19)13-7-3-4-14(6-7)8-1-2-8/h5,7-8,13H,1-4,6,12H2. The lowest BCUT2D eigenvalue weighted by Gasteiger charge is -2.15. The molecule has 1 saturated heterocycles. The van der Waals surface area contributed by atoms with Crippen molar-refractivity contribution in [1.29, 1.82) is 0 Å². The van der Waals surface area contributed by atoms with Crippen LogP contribution in [0.1, 0.15) is 19.3 Å². The predicted molar refractivity (Wildman–Crippen MR) is 78.7 cm³/mol. The van der Waals surface area contributed by atoms with Gasteiger partial charge in [0, 0.05) is 31.2 Å². The zero-order chi connectivity index (χ0) is 15.2. The van der Waals surface area contributed by atoms with E-state index in [1.54, 1.807) is 0 Å². The summed E-state index contributed by atoms with van der Waals surface area (Å²) in [6.45, 7) is 1.59. The van der Waals surface area contributed by atoms with E-state index in [0.717, 1.165) is 30.4 Å². The molecule has 1 atom stereocenters. The molecule has 2 aliphatic rings. The van der Waals surface area contributed by atoms with E-state index < -0.39 is 14.9 Å². The van der Waals surface area contributed by atoms with Crippen molar-refractivity contribution in [2.24, 2.45) is 0 Å². The van der Waals surface area contributed by atoms with E-state index in [0.29, 0.717) is 12.6 Å². The van der Waals surface area contributed by atoms with Crippen LogP contribution in [0, 0.1) is 10.1 Å². The number of nitro groups is 1. The van der Waals surface area contributed by atoms with Gasteiger partial charge in [-0.1, -0.05) is 11.3 Å². The van der Waals surface area contributed by atoms with Crippen LogP contribution >= 0.6 is 11.3 Å². The molecular weight excluding hydrogens is 316 g/mol. The van der Waals surface area contributed by atoms with Gasteiger partial charge in [0.05, 0.1) is 4.92 Å². The zero-order valence-corrected chi connectivity index (χ0v) is 12.8. The van der Waals surface area contributed by atoms with E-state index in [1.807, 2.05) is 0 Å². The molecule has 0 amide bonds. The van der Waals surface area contributed by atoms with Gasteiger partial charge >= 0.3 is 5.69 Å². The molecule has 1 aliphatic carbocycles. The SMILES string of the molecule is Nc1sc(S(=O)(=O)NC2CCN(C3CC3)C2)cc1[N+](=O)[O-]. The molecule has 0 spiro atoms. The number of rotatable bonds is 5. The van der Waals surface area contributed by atoms with Crippen LogP contribution in [-0.4, -0.2) is 43.4 Å². The predicted octanol–water partition coefficient (Wildman–Crippen LogP) is 0.753. The van der Waals surface area contributed by atoms with Crippen molar-refractivity contribution >= 4 is 32.0 Å². The molecule has 1 aromatic heterocycles. The molecule has 3 rings (SSSR count). The highest BCUT2D eigenvalue weighted by Gasteiger charge is 2.36. The Labute approximate surface area is 126 Å². The van der Waals surface area contributed by atoms with E-state index in [2.05, 4.69) is 9.62 Å². The van der Waals surface area contributed by atoms with Crippen molar-refractivity contribution < 1.29 is 13.3 Å². The van der Waals surface area contributed by atoms with E-state index >= 15 is 0 Å². The number of thiophene rings is 1. The molecule has 0 radical (unpaired) electrons. The maximum absolute atomic E-state index is 12.3. The molecule has 3 N–H and O–H groups in total. The van der Waals surface area contributed by atoms with E-state index in [4.69, 9.17) is 5.73 Å². The average molecular weight is 332 g/mol. The first-order valence-corrected chi connectivity index (χ1v) is 8.97. The third-order valence-corrected chi connectivity index (χ3v) is 6.73. The molecule has 0 bridgehead atoms. The van der Waals surface area contributed by atoms with Crippen molar-refractivity contribution in [2.75, 3.05) is 18.8 Å². The highest BCUT2D eigenvalue weighted by molar-refractivity contribution is 7.91. The Balaban J connectivity index is 1.71. The minimum absolute atomic E-state index is 0.0913. The maximum atomic E-state index is 12.3. The second kappa shape index (κ2) is 5.20. The number of nitrogens with one attached hydrogen (secondary N) is 1. The van der Waals surface area contributed by atoms with Gasteiger partial charge in [0.1, 0.15) is 4.21 Å². The fourth-order valence-corrected chi connectivity index (χ4v) is 5.07. The Morgan fingerprint density at radius 3 is 2.71 bits per heavy atom. The van der Waals surface area contributed by atoms with Crippen LogP contribution in [0.4, 0.5) is 10.7 Å². The van der Waals surface area contributed by atoms with Gasteiger partial charge in [0.25, 0.3) is 10.0 Å². The van der Waals surface area contributed by atoms with Crippen LogP contribution in [0.25, 0.3) is 0 Å². The van der Waals surface area contributed by atoms with E-state index in [-0.39, 0.29) is 20.9 Å². The second-order valence-electron chi connectivity index (χ2n) is 5.41. The summed E-state index contributed by atoms with van der Waals surface area (Å²) < 4.78 is 27.1. The van der Waals surface area contributed by atoms with Gasteiger partial charge in [0.2, 0.25) is 0 Å². The molecule has 21 heavy (non-hydrogen) atoms. The number of hydrogen-bond acceptors (Lipinski definition) is 7. The number of anilines is 1. The lowest BCUT2D eigenvalue weighted by atomic mass is 10.3. The summed E-state index contributed by atoms with van der Waals surface area (Å²) >= 11 is 0.724. The monoisotopic (exact) mass is 332 g/mol. The minimum Gasteiger partial charge on any atom is -0.385 e. The number of likely N-dealkylation sites (tertiary alicyclic amines) is 1. The summed E-state index contributed by atoms with van der Waals surface area (Å²) in [5, 5.41) is 10.7. The van der Waals surface area contributed by atoms with Gasteiger partial charge in [-0.15, -0.1) is 0 Å². The molecule has 116 valence electrons. The molecule has 1 saturated carbocycles. The molecule has 1 unspecified atom stereocenters. The maximum Gasteiger partial charge on any atom is 0.304 e. The molecule has 2 heterocycles. The smallest absolute Gasteiger partial charge is 0.304 e. The Morgan fingerprint density at radius 1 is 1.43 bits per heavy atom. The fraction of sp³-hybridized carbons (Fsp3) is 0.636. The molecule has 1 aromatic rings. The Bertz CT molecular complexity index is 668. The molecule has 0 aromatic carbocycles.